The van der Waals surface area contributed by atoms with Crippen LogP contribution in [0.1, 0.15) is 15.9 Å². The van der Waals surface area contributed by atoms with Crippen LogP contribution >= 0.6 is 0 Å². The quantitative estimate of drug-likeness (QED) is 0.620. The molecule has 1 aromatic heterocycles. The van der Waals surface area contributed by atoms with Gasteiger partial charge in [-0.3, -0.25) is 14.2 Å². The SMILES string of the molecule is Cn1cc(C(=O)c2ccc(N)c(F)c2)c(=O)n(C)c1=O. The maximum atomic E-state index is 13.4. The van der Waals surface area contributed by atoms with E-state index in [1.807, 2.05) is 0 Å². The molecular formula is C13H12FN3O3. The highest BCUT2D eigenvalue weighted by Gasteiger charge is 2.17. The molecule has 0 aliphatic heterocycles. The van der Waals surface area contributed by atoms with Crippen LogP contribution in [0.2, 0.25) is 0 Å². The van der Waals surface area contributed by atoms with Gasteiger partial charge >= 0.3 is 5.69 Å². The molecule has 0 fully saturated rings. The molecule has 1 aromatic carbocycles. The third-order valence-electron chi connectivity index (χ3n) is 2.95. The molecule has 2 N–H and O–H groups in total. The summed E-state index contributed by atoms with van der Waals surface area (Å²) in [6.45, 7) is 0. The van der Waals surface area contributed by atoms with Crippen molar-refractivity contribution in [3.05, 3.63) is 62.2 Å². The van der Waals surface area contributed by atoms with E-state index in [0.29, 0.717) is 0 Å². The van der Waals surface area contributed by atoms with Gasteiger partial charge in [0.25, 0.3) is 5.56 Å². The first-order valence-corrected chi connectivity index (χ1v) is 5.69. The summed E-state index contributed by atoms with van der Waals surface area (Å²) in [4.78, 5) is 35.7. The van der Waals surface area contributed by atoms with E-state index >= 15 is 0 Å². The van der Waals surface area contributed by atoms with Gasteiger partial charge in [0.05, 0.1) is 5.69 Å². The summed E-state index contributed by atoms with van der Waals surface area (Å²) < 4.78 is 15.3. The van der Waals surface area contributed by atoms with Crippen LogP contribution < -0.4 is 17.0 Å². The number of hydrogen-bond acceptors (Lipinski definition) is 4. The van der Waals surface area contributed by atoms with Gasteiger partial charge < -0.3 is 10.3 Å². The Balaban J connectivity index is 2.62. The number of aryl methyl sites for hydroxylation is 1. The molecule has 1 heterocycles. The van der Waals surface area contributed by atoms with Gasteiger partial charge in [-0.1, -0.05) is 0 Å². The Morgan fingerprint density at radius 1 is 1.25 bits per heavy atom. The van der Waals surface area contributed by atoms with Crippen molar-refractivity contribution in [3.8, 4) is 0 Å². The molecule has 0 amide bonds. The van der Waals surface area contributed by atoms with Gasteiger partial charge in [-0.05, 0) is 18.2 Å². The first kappa shape index (κ1) is 13.7. The number of rotatable bonds is 2. The van der Waals surface area contributed by atoms with Crippen LogP contribution in [0.5, 0.6) is 0 Å². The number of ketones is 1. The average Bonchev–Trinajstić information content (AvgIpc) is 2.43. The van der Waals surface area contributed by atoms with Gasteiger partial charge in [-0.15, -0.1) is 0 Å². The zero-order valence-corrected chi connectivity index (χ0v) is 10.9. The van der Waals surface area contributed by atoms with Crippen molar-refractivity contribution < 1.29 is 9.18 Å². The van der Waals surface area contributed by atoms with Crippen LogP contribution in [0.4, 0.5) is 10.1 Å². The van der Waals surface area contributed by atoms with Crippen LogP contribution in [0.25, 0.3) is 0 Å². The highest BCUT2D eigenvalue weighted by atomic mass is 19.1. The molecule has 0 aliphatic rings. The van der Waals surface area contributed by atoms with E-state index in [-0.39, 0.29) is 16.8 Å². The summed E-state index contributed by atoms with van der Waals surface area (Å²) in [6, 6.07) is 3.53. The van der Waals surface area contributed by atoms with Crippen molar-refractivity contribution in [2.45, 2.75) is 0 Å². The number of hydrogen-bond donors (Lipinski definition) is 1. The van der Waals surface area contributed by atoms with Crippen molar-refractivity contribution in [1.82, 2.24) is 9.13 Å². The minimum Gasteiger partial charge on any atom is -0.396 e. The highest BCUT2D eigenvalue weighted by molar-refractivity contribution is 6.08. The van der Waals surface area contributed by atoms with Gasteiger partial charge in [0, 0.05) is 25.9 Å². The van der Waals surface area contributed by atoms with Gasteiger partial charge in [0.2, 0.25) is 0 Å². The smallest absolute Gasteiger partial charge is 0.330 e. The fraction of sp³-hybridized carbons (Fsp3) is 0.154. The third kappa shape index (κ3) is 2.13. The molecule has 0 unspecified atom stereocenters. The Kier molecular flexibility index (Phi) is 3.27. The lowest BCUT2D eigenvalue weighted by atomic mass is 10.1. The number of nitrogen functional groups attached to an aromatic ring is 1. The number of benzene rings is 1. The second-order valence-electron chi connectivity index (χ2n) is 4.37. The number of nitrogens with zero attached hydrogens (tertiary/aromatic N) is 2. The Labute approximate surface area is 112 Å². The number of anilines is 1. The topological polar surface area (TPSA) is 87.1 Å². The Bertz CT molecular complexity index is 821. The lowest BCUT2D eigenvalue weighted by Crippen LogP contribution is -2.39. The first-order chi connectivity index (χ1) is 9.32. The van der Waals surface area contributed by atoms with E-state index in [9.17, 15) is 18.8 Å². The first-order valence-electron chi connectivity index (χ1n) is 5.69. The molecule has 0 saturated heterocycles. The summed E-state index contributed by atoms with van der Waals surface area (Å²) in [7, 11) is 2.69. The van der Waals surface area contributed by atoms with Crippen molar-refractivity contribution in [2.24, 2.45) is 14.1 Å². The fourth-order valence-corrected chi connectivity index (χ4v) is 1.79. The van der Waals surface area contributed by atoms with Gasteiger partial charge in [-0.25, -0.2) is 9.18 Å². The Hall–Kier alpha value is -2.70. The maximum absolute atomic E-state index is 13.4. The molecule has 0 radical (unpaired) electrons. The zero-order chi connectivity index (χ0) is 15.0. The molecule has 20 heavy (non-hydrogen) atoms. The molecule has 6 nitrogen and oxygen atoms in total. The highest BCUT2D eigenvalue weighted by Crippen LogP contribution is 2.14. The number of nitrogens with two attached hydrogens (primary N) is 1. The second kappa shape index (κ2) is 4.76. The second-order valence-corrected chi connectivity index (χ2v) is 4.37. The fourth-order valence-electron chi connectivity index (χ4n) is 1.79. The van der Waals surface area contributed by atoms with E-state index in [4.69, 9.17) is 5.73 Å². The monoisotopic (exact) mass is 277 g/mol. The molecule has 2 aromatic rings. The summed E-state index contributed by atoms with van der Waals surface area (Å²) >= 11 is 0. The van der Waals surface area contributed by atoms with Gasteiger partial charge in [0.1, 0.15) is 11.4 Å². The predicted octanol–water partition coefficient (Wildman–Crippen LogP) is 0.0363. The van der Waals surface area contributed by atoms with Crippen molar-refractivity contribution >= 4 is 11.5 Å². The van der Waals surface area contributed by atoms with Crippen LogP contribution in [-0.4, -0.2) is 14.9 Å². The van der Waals surface area contributed by atoms with Crippen molar-refractivity contribution in [3.63, 3.8) is 0 Å². The zero-order valence-electron chi connectivity index (χ0n) is 10.9. The van der Waals surface area contributed by atoms with Gasteiger partial charge in [0.15, 0.2) is 5.78 Å². The van der Waals surface area contributed by atoms with E-state index in [2.05, 4.69) is 0 Å². The van der Waals surface area contributed by atoms with Gasteiger partial charge in [-0.2, -0.15) is 0 Å². The Morgan fingerprint density at radius 3 is 2.50 bits per heavy atom. The average molecular weight is 277 g/mol. The molecule has 0 spiro atoms. The summed E-state index contributed by atoms with van der Waals surface area (Å²) in [5.74, 6) is -1.41. The molecule has 0 aliphatic carbocycles. The number of aromatic nitrogens is 2. The third-order valence-corrected chi connectivity index (χ3v) is 2.95. The number of carbonyl (C=O) groups excluding carboxylic acids is 1. The number of carbonyl (C=O) groups is 1. The summed E-state index contributed by atoms with van der Waals surface area (Å²) in [6.07, 6.45) is 1.14. The predicted molar refractivity (Wildman–Crippen MR) is 71.2 cm³/mol. The Morgan fingerprint density at radius 2 is 1.90 bits per heavy atom. The standard InChI is InChI=1S/C13H12FN3O3/c1-16-6-8(12(19)17(2)13(16)20)11(18)7-3-4-10(15)9(14)5-7/h3-6H,15H2,1-2H3. The number of halogens is 1. The lowest BCUT2D eigenvalue weighted by molar-refractivity contribution is 0.103. The maximum Gasteiger partial charge on any atom is 0.330 e. The van der Waals surface area contributed by atoms with Crippen molar-refractivity contribution in [1.29, 1.82) is 0 Å². The van der Waals surface area contributed by atoms with Crippen molar-refractivity contribution in [2.75, 3.05) is 5.73 Å². The van der Waals surface area contributed by atoms with Crippen LogP contribution in [0.15, 0.2) is 34.0 Å². The molecule has 0 saturated carbocycles. The minimum atomic E-state index is -0.738. The van der Waals surface area contributed by atoms with E-state index in [1.54, 1.807) is 0 Å². The van der Waals surface area contributed by atoms with E-state index < -0.39 is 22.8 Å². The molecule has 2 rings (SSSR count). The van der Waals surface area contributed by atoms with Crippen LogP contribution in [-0.2, 0) is 14.1 Å². The largest absolute Gasteiger partial charge is 0.396 e. The lowest BCUT2D eigenvalue weighted by Gasteiger charge is -2.06. The summed E-state index contributed by atoms with van der Waals surface area (Å²) in [5, 5.41) is 0. The molecule has 0 atom stereocenters. The minimum absolute atomic E-state index is 0.00699. The summed E-state index contributed by atoms with van der Waals surface area (Å²) in [5.41, 5.74) is 3.75. The molecule has 0 bridgehead atoms. The normalized spacial score (nSPS) is 10.6. The molecule has 104 valence electrons. The van der Waals surface area contributed by atoms with Crippen LogP contribution in [0, 0.1) is 5.82 Å². The molecular weight excluding hydrogens is 265 g/mol. The van der Waals surface area contributed by atoms with E-state index in [1.165, 1.54) is 26.2 Å². The molecule has 7 heteroatoms. The van der Waals surface area contributed by atoms with E-state index in [0.717, 1.165) is 21.4 Å². The van der Waals surface area contributed by atoms with Crippen LogP contribution in [0.3, 0.4) is 0 Å².